The summed E-state index contributed by atoms with van der Waals surface area (Å²) in [6.07, 6.45) is 0.381. The second-order valence-corrected chi connectivity index (χ2v) is 3.66. The van der Waals surface area contributed by atoms with E-state index in [4.69, 9.17) is 4.52 Å². The molecule has 0 aliphatic rings. The first-order valence-electron chi connectivity index (χ1n) is 5.30. The summed E-state index contributed by atoms with van der Waals surface area (Å²) in [6.45, 7) is 3.82. The molecule has 6 nitrogen and oxygen atoms in total. The molecule has 1 amide bonds. The van der Waals surface area contributed by atoms with E-state index in [0.29, 0.717) is 11.5 Å². The molecule has 1 aromatic rings. The Morgan fingerprint density at radius 2 is 2.12 bits per heavy atom. The lowest BCUT2D eigenvalue weighted by Gasteiger charge is -2.03. The normalized spacial score (nSPS) is 10.1. The molecule has 94 valence electrons. The van der Waals surface area contributed by atoms with Gasteiger partial charge >= 0.3 is 5.97 Å². The number of nitrogens with one attached hydrogen (secondary N) is 1. The standard InChI is InChI=1S/C11H16N2O4/c1-7-9(8(2)17-13-7)6-10(14)12-5-4-11(15)16-3/h4-6H2,1-3H3,(H,12,14). The summed E-state index contributed by atoms with van der Waals surface area (Å²) >= 11 is 0. The highest BCUT2D eigenvalue weighted by molar-refractivity contribution is 5.79. The molecule has 0 saturated heterocycles. The predicted octanol–water partition coefficient (Wildman–Crippen LogP) is 0.513. The van der Waals surface area contributed by atoms with Crippen LogP contribution in [0.1, 0.15) is 23.4 Å². The minimum Gasteiger partial charge on any atom is -0.469 e. The molecule has 0 aliphatic heterocycles. The van der Waals surface area contributed by atoms with E-state index in [1.165, 1.54) is 7.11 Å². The Bertz CT molecular complexity index is 392. The number of aryl methyl sites for hydroxylation is 2. The topological polar surface area (TPSA) is 81.4 Å². The van der Waals surface area contributed by atoms with Gasteiger partial charge in [-0.25, -0.2) is 0 Å². The van der Waals surface area contributed by atoms with Gasteiger partial charge in [0.1, 0.15) is 5.76 Å². The monoisotopic (exact) mass is 240 g/mol. The van der Waals surface area contributed by atoms with E-state index in [1.54, 1.807) is 13.8 Å². The zero-order chi connectivity index (χ0) is 12.8. The maximum atomic E-state index is 11.6. The summed E-state index contributed by atoms with van der Waals surface area (Å²) in [7, 11) is 1.31. The fraction of sp³-hybridized carbons (Fsp3) is 0.545. The van der Waals surface area contributed by atoms with E-state index in [2.05, 4.69) is 15.2 Å². The van der Waals surface area contributed by atoms with Crippen molar-refractivity contribution in [3.8, 4) is 0 Å². The first-order valence-corrected chi connectivity index (χ1v) is 5.30. The highest BCUT2D eigenvalue weighted by Crippen LogP contribution is 2.12. The van der Waals surface area contributed by atoms with Crippen molar-refractivity contribution in [2.24, 2.45) is 0 Å². The Hall–Kier alpha value is -1.85. The zero-order valence-electron chi connectivity index (χ0n) is 10.2. The number of methoxy groups -OCH3 is 1. The van der Waals surface area contributed by atoms with Gasteiger partial charge in [-0.3, -0.25) is 9.59 Å². The molecule has 0 atom stereocenters. The first-order chi connectivity index (χ1) is 8.04. The number of amides is 1. The third-order valence-corrected chi connectivity index (χ3v) is 2.40. The zero-order valence-corrected chi connectivity index (χ0v) is 10.2. The van der Waals surface area contributed by atoms with Crippen LogP contribution in [0, 0.1) is 13.8 Å². The van der Waals surface area contributed by atoms with Gasteiger partial charge in [-0.2, -0.15) is 0 Å². The van der Waals surface area contributed by atoms with Crippen LogP contribution in [0.2, 0.25) is 0 Å². The number of aromatic nitrogens is 1. The Morgan fingerprint density at radius 1 is 1.41 bits per heavy atom. The SMILES string of the molecule is COC(=O)CCNC(=O)Cc1c(C)noc1C. The van der Waals surface area contributed by atoms with Crippen molar-refractivity contribution in [3.63, 3.8) is 0 Å². The van der Waals surface area contributed by atoms with Crippen LogP contribution in [0.15, 0.2) is 4.52 Å². The largest absolute Gasteiger partial charge is 0.469 e. The summed E-state index contributed by atoms with van der Waals surface area (Å²) in [6, 6.07) is 0. The summed E-state index contributed by atoms with van der Waals surface area (Å²) in [5, 5.41) is 6.39. The quantitative estimate of drug-likeness (QED) is 0.758. The van der Waals surface area contributed by atoms with E-state index < -0.39 is 0 Å². The third kappa shape index (κ3) is 3.90. The van der Waals surface area contributed by atoms with Crippen LogP contribution in [0.3, 0.4) is 0 Å². The van der Waals surface area contributed by atoms with Crippen molar-refractivity contribution >= 4 is 11.9 Å². The predicted molar refractivity (Wildman–Crippen MR) is 59.3 cm³/mol. The minimum atomic E-state index is -0.345. The van der Waals surface area contributed by atoms with Gasteiger partial charge < -0.3 is 14.6 Å². The van der Waals surface area contributed by atoms with Gasteiger partial charge in [0.25, 0.3) is 0 Å². The number of ether oxygens (including phenoxy) is 1. The van der Waals surface area contributed by atoms with Gasteiger partial charge in [-0.1, -0.05) is 5.16 Å². The van der Waals surface area contributed by atoms with Crippen LogP contribution in [-0.2, 0) is 20.7 Å². The minimum absolute atomic E-state index is 0.164. The van der Waals surface area contributed by atoms with Crippen molar-refractivity contribution in [2.75, 3.05) is 13.7 Å². The van der Waals surface area contributed by atoms with Crippen molar-refractivity contribution < 1.29 is 18.8 Å². The van der Waals surface area contributed by atoms with Crippen molar-refractivity contribution in [1.29, 1.82) is 0 Å². The highest BCUT2D eigenvalue weighted by atomic mass is 16.5. The van der Waals surface area contributed by atoms with Gasteiger partial charge in [0.2, 0.25) is 5.91 Å². The Kier molecular flexibility index (Phi) is 4.68. The smallest absolute Gasteiger partial charge is 0.307 e. The number of nitrogens with zero attached hydrogens (tertiary/aromatic N) is 1. The molecule has 0 unspecified atom stereocenters. The molecule has 0 bridgehead atoms. The molecule has 17 heavy (non-hydrogen) atoms. The molecule has 1 aromatic heterocycles. The van der Waals surface area contributed by atoms with Crippen LogP contribution in [0.5, 0.6) is 0 Å². The molecule has 0 aromatic carbocycles. The van der Waals surface area contributed by atoms with Crippen LogP contribution in [-0.4, -0.2) is 30.7 Å². The molecule has 0 aliphatic carbocycles. The third-order valence-electron chi connectivity index (χ3n) is 2.40. The van der Waals surface area contributed by atoms with Gasteiger partial charge in [-0.05, 0) is 13.8 Å². The van der Waals surface area contributed by atoms with Crippen LogP contribution in [0.25, 0.3) is 0 Å². The molecule has 6 heteroatoms. The van der Waals surface area contributed by atoms with E-state index in [9.17, 15) is 9.59 Å². The Balaban J connectivity index is 2.38. The van der Waals surface area contributed by atoms with E-state index in [0.717, 1.165) is 5.56 Å². The van der Waals surface area contributed by atoms with Crippen LogP contribution < -0.4 is 5.32 Å². The van der Waals surface area contributed by atoms with Crippen LogP contribution >= 0.6 is 0 Å². The maximum absolute atomic E-state index is 11.6. The fourth-order valence-corrected chi connectivity index (χ4v) is 1.38. The molecule has 0 saturated carbocycles. The number of hydrogen-bond acceptors (Lipinski definition) is 5. The summed E-state index contributed by atoms with van der Waals surface area (Å²) in [5.74, 6) is 0.136. The Labute approximate surface area is 99.3 Å². The second-order valence-electron chi connectivity index (χ2n) is 3.66. The van der Waals surface area contributed by atoms with Gasteiger partial charge in [0.15, 0.2) is 0 Å². The highest BCUT2D eigenvalue weighted by Gasteiger charge is 2.13. The molecule has 1 rings (SSSR count). The molecule has 0 fully saturated rings. The van der Waals surface area contributed by atoms with E-state index in [1.807, 2.05) is 0 Å². The summed E-state index contributed by atoms with van der Waals surface area (Å²) in [4.78, 5) is 22.4. The lowest BCUT2D eigenvalue weighted by molar-refractivity contribution is -0.140. The lowest BCUT2D eigenvalue weighted by Crippen LogP contribution is -2.28. The number of esters is 1. The van der Waals surface area contributed by atoms with Gasteiger partial charge in [0, 0.05) is 12.1 Å². The first kappa shape index (κ1) is 13.2. The van der Waals surface area contributed by atoms with Gasteiger partial charge in [0.05, 0.1) is 25.6 Å². The number of rotatable bonds is 5. The van der Waals surface area contributed by atoms with E-state index >= 15 is 0 Å². The fourth-order valence-electron chi connectivity index (χ4n) is 1.38. The molecular formula is C11H16N2O4. The molecular weight excluding hydrogens is 224 g/mol. The average Bonchev–Trinajstić information content (AvgIpc) is 2.60. The van der Waals surface area contributed by atoms with Crippen LogP contribution in [0.4, 0.5) is 0 Å². The molecule has 1 heterocycles. The summed E-state index contributed by atoms with van der Waals surface area (Å²) in [5.41, 5.74) is 1.51. The molecule has 0 radical (unpaired) electrons. The average molecular weight is 240 g/mol. The van der Waals surface area contributed by atoms with Crippen molar-refractivity contribution in [3.05, 3.63) is 17.0 Å². The number of carbonyl (C=O) groups is 2. The number of carbonyl (C=O) groups excluding carboxylic acids is 2. The number of hydrogen-bond donors (Lipinski definition) is 1. The maximum Gasteiger partial charge on any atom is 0.307 e. The Morgan fingerprint density at radius 3 is 2.65 bits per heavy atom. The van der Waals surface area contributed by atoms with Crippen molar-refractivity contribution in [2.45, 2.75) is 26.7 Å². The summed E-state index contributed by atoms with van der Waals surface area (Å²) < 4.78 is 9.41. The van der Waals surface area contributed by atoms with E-state index in [-0.39, 0.29) is 31.3 Å². The molecule has 1 N–H and O–H groups in total. The van der Waals surface area contributed by atoms with Crippen molar-refractivity contribution in [1.82, 2.24) is 10.5 Å². The van der Waals surface area contributed by atoms with Gasteiger partial charge in [-0.15, -0.1) is 0 Å². The second kappa shape index (κ2) is 6.03. The lowest BCUT2D eigenvalue weighted by atomic mass is 10.1. The molecule has 0 spiro atoms.